The van der Waals surface area contributed by atoms with Gasteiger partial charge in [0.05, 0.1) is 0 Å². The van der Waals surface area contributed by atoms with Gasteiger partial charge in [0.1, 0.15) is 0 Å². The van der Waals surface area contributed by atoms with Crippen LogP contribution in [0.5, 0.6) is 0 Å². The predicted molar refractivity (Wildman–Crippen MR) is 127 cm³/mol. The summed E-state index contributed by atoms with van der Waals surface area (Å²) in [6, 6.07) is 29.3. The van der Waals surface area contributed by atoms with Crippen molar-refractivity contribution in [1.29, 1.82) is 0 Å². The molecule has 5 rings (SSSR count). The average molecular weight is 389 g/mol. The second kappa shape index (κ2) is 7.76. The molecular formula is C29H24O. The molecule has 0 amide bonds. The Balaban J connectivity index is 1.58. The standard InChI is InChI=1S/C29H24O/c1-20-16-25(18-23-12-6-10-21-8-2-4-14-27(21)23)29(30)26(17-20)19-24-13-7-11-22-9-3-5-15-28(22)24/h2-15,18-20H,16-17H2,1H3/b25-18-,26-19+. The maximum atomic E-state index is 13.4. The quantitative estimate of drug-likeness (QED) is 0.326. The molecule has 1 heteroatoms. The molecule has 0 spiro atoms. The molecule has 1 fully saturated rings. The van der Waals surface area contributed by atoms with Gasteiger partial charge in [-0.3, -0.25) is 4.79 Å². The third-order valence-electron chi connectivity index (χ3n) is 6.03. The molecule has 1 nitrogen and oxygen atoms in total. The van der Waals surface area contributed by atoms with Gasteiger partial charge in [-0.25, -0.2) is 0 Å². The topological polar surface area (TPSA) is 17.1 Å². The fraction of sp³-hybridized carbons (Fsp3) is 0.138. The summed E-state index contributed by atoms with van der Waals surface area (Å²) in [5.41, 5.74) is 4.07. The number of allylic oxidation sites excluding steroid dienone is 2. The van der Waals surface area contributed by atoms with Gasteiger partial charge in [-0.15, -0.1) is 0 Å². The maximum absolute atomic E-state index is 13.4. The summed E-state index contributed by atoms with van der Waals surface area (Å²) < 4.78 is 0. The van der Waals surface area contributed by atoms with Crippen molar-refractivity contribution in [3.63, 3.8) is 0 Å². The van der Waals surface area contributed by atoms with E-state index >= 15 is 0 Å². The molecule has 1 saturated carbocycles. The van der Waals surface area contributed by atoms with Gasteiger partial charge in [-0.1, -0.05) is 91.9 Å². The van der Waals surface area contributed by atoms with Gasteiger partial charge in [-0.05, 0) is 63.6 Å². The van der Waals surface area contributed by atoms with Crippen molar-refractivity contribution < 1.29 is 4.79 Å². The van der Waals surface area contributed by atoms with Crippen molar-refractivity contribution in [3.05, 3.63) is 107 Å². The average Bonchev–Trinajstić information content (AvgIpc) is 2.77. The van der Waals surface area contributed by atoms with Crippen LogP contribution in [0.2, 0.25) is 0 Å². The highest BCUT2D eigenvalue weighted by Gasteiger charge is 2.25. The van der Waals surface area contributed by atoms with Crippen molar-refractivity contribution >= 4 is 39.5 Å². The molecule has 0 N–H and O–H groups in total. The fourth-order valence-electron chi connectivity index (χ4n) is 4.59. The van der Waals surface area contributed by atoms with Gasteiger partial charge >= 0.3 is 0 Å². The van der Waals surface area contributed by atoms with Crippen LogP contribution in [0.4, 0.5) is 0 Å². The first kappa shape index (κ1) is 18.6. The third-order valence-corrected chi connectivity index (χ3v) is 6.03. The van der Waals surface area contributed by atoms with Crippen LogP contribution in [-0.4, -0.2) is 5.78 Å². The van der Waals surface area contributed by atoms with E-state index in [1.54, 1.807) is 0 Å². The molecule has 1 aliphatic carbocycles. The molecule has 1 unspecified atom stereocenters. The SMILES string of the molecule is CC1C/C(=C/c2cccc3ccccc23)C(=O)/C(=C/c2cccc3ccccc23)C1. The molecule has 4 aromatic rings. The number of carbonyl (C=O) groups excluding carboxylic acids is 1. The zero-order chi connectivity index (χ0) is 20.5. The Hall–Kier alpha value is -3.45. The van der Waals surface area contributed by atoms with E-state index in [1.807, 2.05) is 0 Å². The van der Waals surface area contributed by atoms with Gasteiger partial charge in [0.2, 0.25) is 0 Å². The number of rotatable bonds is 2. The predicted octanol–water partition coefficient (Wildman–Crippen LogP) is 7.46. The monoisotopic (exact) mass is 388 g/mol. The molecule has 0 bridgehead atoms. The highest BCUT2D eigenvalue weighted by molar-refractivity contribution is 6.15. The van der Waals surface area contributed by atoms with Gasteiger partial charge in [0, 0.05) is 11.1 Å². The zero-order valence-corrected chi connectivity index (χ0v) is 17.1. The highest BCUT2D eigenvalue weighted by atomic mass is 16.1. The second-order valence-corrected chi connectivity index (χ2v) is 8.32. The Kier molecular flexibility index (Phi) is 4.80. The van der Waals surface area contributed by atoms with Crippen LogP contribution in [0, 0.1) is 5.92 Å². The molecule has 0 aromatic heterocycles. The Labute approximate surface area is 177 Å². The molecule has 0 heterocycles. The van der Waals surface area contributed by atoms with Crippen LogP contribution in [0.25, 0.3) is 33.7 Å². The summed E-state index contributed by atoms with van der Waals surface area (Å²) in [7, 11) is 0. The minimum Gasteiger partial charge on any atom is -0.289 e. The lowest BCUT2D eigenvalue weighted by atomic mass is 9.80. The molecule has 30 heavy (non-hydrogen) atoms. The van der Waals surface area contributed by atoms with Crippen LogP contribution in [0.3, 0.4) is 0 Å². The molecule has 146 valence electrons. The number of ketones is 1. The minimum atomic E-state index is 0.189. The highest BCUT2D eigenvalue weighted by Crippen LogP contribution is 2.34. The van der Waals surface area contributed by atoms with Crippen molar-refractivity contribution in [3.8, 4) is 0 Å². The van der Waals surface area contributed by atoms with Gasteiger partial charge in [-0.2, -0.15) is 0 Å². The molecule has 0 radical (unpaired) electrons. The first-order valence-corrected chi connectivity index (χ1v) is 10.6. The summed E-state index contributed by atoms with van der Waals surface area (Å²) in [5.74, 6) is 0.638. The van der Waals surface area contributed by atoms with Crippen LogP contribution < -0.4 is 0 Å². The van der Waals surface area contributed by atoms with Crippen LogP contribution >= 0.6 is 0 Å². The minimum absolute atomic E-state index is 0.189. The summed E-state index contributed by atoms with van der Waals surface area (Å²) >= 11 is 0. The van der Waals surface area contributed by atoms with Crippen molar-refractivity contribution in [1.82, 2.24) is 0 Å². The lowest BCUT2D eigenvalue weighted by Crippen LogP contribution is -2.18. The van der Waals surface area contributed by atoms with Gasteiger partial charge < -0.3 is 0 Å². The number of carbonyl (C=O) groups is 1. The number of hydrogen-bond acceptors (Lipinski definition) is 1. The van der Waals surface area contributed by atoms with E-state index in [-0.39, 0.29) is 5.78 Å². The normalized spacial score (nSPS) is 19.8. The first-order valence-electron chi connectivity index (χ1n) is 10.6. The zero-order valence-electron chi connectivity index (χ0n) is 17.1. The summed E-state index contributed by atoms with van der Waals surface area (Å²) in [5, 5.41) is 4.79. The lowest BCUT2D eigenvalue weighted by molar-refractivity contribution is -0.113. The van der Waals surface area contributed by atoms with Gasteiger partial charge in [0.15, 0.2) is 5.78 Å². The third kappa shape index (κ3) is 3.48. The first-order chi connectivity index (χ1) is 14.7. The molecule has 0 aliphatic heterocycles. The number of fused-ring (bicyclic) bond motifs is 2. The summed E-state index contributed by atoms with van der Waals surface area (Å²) in [6.07, 6.45) is 5.87. The Morgan fingerprint density at radius 2 is 1.07 bits per heavy atom. The second-order valence-electron chi connectivity index (χ2n) is 8.32. The van der Waals surface area contributed by atoms with E-state index in [9.17, 15) is 4.79 Å². The number of benzene rings is 4. The Morgan fingerprint density at radius 3 is 1.57 bits per heavy atom. The number of Topliss-reactive ketones (excluding diaryl/α,β-unsaturated/α-hetero) is 1. The largest absolute Gasteiger partial charge is 0.289 e. The molecule has 4 aromatic carbocycles. The van der Waals surface area contributed by atoms with E-state index in [1.165, 1.54) is 21.5 Å². The molecular weight excluding hydrogens is 364 g/mol. The van der Waals surface area contributed by atoms with E-state index in [0.29, 0.717) is 5.92 Å². The van der Waals surface area contributed by atoms with Crippen LogP contribution in [-0.2, 0) is 4.79 Å². The number of hydrogen-bond donors (Lipinski definition) is 0. The van der Waals surface area contributed by atoms with Crippen molar-refractivity contribution in [2.75, 3.05) is 0 Å². The lowest BCUT2D eigenvalue weighted by Gasteiger charge is -2.23. The van der Waals surface area contributed by atoms with Crippen molar-refractivity contribution in [2.45, 2.75) is 19.8 Å². The summed E-state index contributed by atoms with van der Waals surface area (Å²) in [6.45, 7) is 2.24. The van der Waals surface area contributed by atoms with E-state index in [0.717, 1.165) is 35.1 Å². The molecule has 1 atom stereocenters. The molecule has 0 saturated heterocycles. The van der Waals surface area contributed by atoms with Gasteiger partial charge in [0.25, 0.3) is 0 Å². The summed E-state index contributed by atoms with van der Waals surface area (Å²) in [4.78, 5) is 13.4. The smallest absolute Gasteiger partial charge is 0.185 e. The van der Waals surface area contributed by atoms with Crippen molar-refractivity contribution in [2.24, 2.45) is 5.92 Å². The van der Waals surface area contributed by atoms with Crippen LogP contribution in [0.15, 0.2) is 96.1 Å². The fourth-order valence-corrected chi connectivity index (χ4v) is 4.59. The van der Waals surface area contributed by atoms with Crippen LogP contribution in [0.1, 0.15) is 30.9 Å². The Morgan fingerprint density at radius 1 is 0.633 bits per heavy atom. The molecule has 1 aliphatic rings. The van der Waals surface area contributed by atoms with E-state index < -0.39 is 0 Å². The Bertz CT molecular complexity index is 1210. The van der Waals surface area contributed by atoms with E-state index in [2.05, 4.69) is 104 Å². The van der Waals surface area contributed by atoms with E-state index in [4.69, 9.17) is 0 Å². The maximum Gasteiger partial charge on any atom is 0.185 e.